The van der Waals surface area contributed by atoms with Crippen LogP contribution in [0.1, 0.15) is 82.9 Å². The van der Waals surface area contributed by atoms with E-state index in [1.165, 1.54) is 30.4 Å². The number of carbonyl (C=O) groups excluding carboxylic acids is 1. The molecule has 2 heteroatoms. The molecule has 2 rings (SSSR count). The number of rotatable bonds is 10. The maximum atomic E-state index is 12.2. The van der Waals surface area contributed by atoms with Crippen LogP contribution in [-0.4, -0.2) is 5.78 Å². The molecule has 1 radical (unpaired) electrons. The molecule has 0 heterocycles. The third-order valence-electron chi connectivity index (χ3n) is 4.95. The molecule has 0 fully saturated rings. The van der Waals surface area contributed by atoms with Gasteiger partial charge in [-0.05, 0) is 61.3 Å². The summed E-state index contributed by atoms with van der Waals surface area (Å²) in [7, 11) is 0. The fourth-order valence-electron chi connectivity index (χ4n) is 3.28. The Morgan fingerprint density at radius 3 is 2.23 bits per heavy atom. The Balaban J connectivity index is 0.00000272. The first-order valence-corrected chi connectivity index (χ1v) is 11.1. The monoisotopic (exact) mass is 441 g/mol. The predicted octanol–water partition coefficient (Wildman–Crippen LogP) is 8.17. The fourth-order valence-corrected chi connectivity index (χ4v) is 3.28. The molecule has 1 unspecified atom stereocenters. The van der Waals surface area contributed by atoms with Crippen LogP contribution in [0.3, 0.4) is 0 Å². The van der Waals surface area contributed by atoms with Gasteiger partial charge < -0.3 is 0 Å². The second-order valence-electron chi connectivity index (χ2n) is 7.38. The predicted molar refractivity (Wildman–Crippen MR) is 128 cm³/mol. The quantitative estimate of drug-likeness (QED) is 0.268. The molecule has 1 atom stereocenters. The third kappa shape index (κ3) is 11.4. The van der Waals surface area contributed by atoms with Gasteiger partial charge in [0.2, 0.25) is 0 Å². The van der Waals surface area contributed by atoms with Crippen molar-refractivity contribution in [1.29, 1.82) is 0 Å². The summed E-state index contributed by atoms with van der Waals surface area (Å²) in [4.78, 5) is 12.2. The van der Waals surface area contributed by atoms with E-state index in [1.807, 2.05) is 50.3 Å². The molecule has 0 aromatic heterocycles. The third-order valence-corrected chi connectivity index (χ3v) is 4.95. The molecule has 2 aromatic carbocycles. The van der Waals surface area contributed by atoms with Crippen molar-refractivity contribution < 1.29 is 23.4 Å². The van der Waals surface area contributed by atoms with Gasteiger partial charge in [-0.15, -0.1) is 0 Å². The van der Waals surface area contributed by atoms with E-state index in [2.05, 4.69) is 51.1 Å². The first-order chi connectivity index (χ1) is 14.1. The van der Waals surface area contributed by atoms with Gasteiger partial charge in [0.25, 0.3) is 0 Å². The van der Waals surface area contributed by atoms with Crippen LogP contribution in [0.2, 0.25) is 0 Å². The Kier molecular flexibility index (Phi) is 15.9. The van der Waals surface area contributed by atoms with Gasteiger partial charge in [-0.2, -0.15) is 0 Å². The van der Waals surface area contributed by atoms with Gasteiger partial charge in [0.15, 0.2) is 5.78 Å². The summed E-state index contributed by atoms with van der Waals surface area (Å²) < 4.78 is 0. The molecule has 0 saturated carbocycles. The van der Waals surface area contributed by atoms with Crippen LogP contribution in [-0.2, 0) is 29.8 Å². The van der Waals surface area contributed by atoms with E-state index in [9.17, 15) is 4.79 Å². The zero-order valence-corrected chi connectivity index (χ0v) is 20.8. The number of hydrogen-bond donors (Lipinski definition) is 0. The summed E-state index contributed by atoms with van der Waals surface area (Å²) >= 11 is 0. The van der Waals surface area contributed by atoms with Crippen molar-refractivity contribution in [2.24, 2.45) is 0 Å². The Morgan fingerprint density at radius 1 is 1.00 bits per heavy atom. The average molecular weight is 442 g/mol. The Bertz CT molecular complexity index is 757. The minimum Gasteiger partial charge on any atom is -0.294 e. The molecule has 0 amide bonds. The molecular formula is C28H38OV. The van der Waals surface area contributed by atoms with Crippen LogP contribution >= 0.6 is 0 Å². The molecule has 0 bridgehead atoms. The molecular weight excluding hydrogens is 403 g/mol. The number of hydrogen-bond acceptors (Lipinski definition) is 1. The smallest absolute Gasteiger partial charge is 0.160 e. The molecule has 1 nitrogen and oxygen atoms in total. The normalized spacial score (nSPS) is 12.0. The maximum Gasteiger partial charge on any atom is 0.160 e. The first-order valence-electron chi connectivity index (χ1n) is 11.1. The number of benzene rings is 2. The zero-order chi connectivity index (χ0) is 21.5. The van der Waals surface area contributed by atoms with Crippen molar-refractivity contribution in [3.8, 4) is 0 Å². The minimum absolute atomic E-state index is 0. The molecule has 2 aromatic rings. The summed E-state index contributed by atoms with van der Waals surface area (Å²) in [5.74, 6) is 0.694. The second-order valence-corrected chi connectivity index (χ2v) is 7.38. The molecule has 0 aliphatic heterocycles. The van der Waals surface area contributed by atoms with Crippen molar-refractivity contribution in [2.75, 3.05) is 0 Å². The van der Waals surface area contributed by atoms with E-state index in [4.69, 9.17) is 0 Å². The van der Waals surface area contributed by atoms with Gasteiger partial charge in [0.1, 0.15) is 0 Å². The second kappa shape index (κ2) is 16.9. The van der Waals surface area contributed by atoms with E-state index in [0.717, 1.165) is 17.5 Å². The molecule has 0 N–H and O–H groups in total. The molecule has 0 aliphatic rings. The summed E-state index contributed by atoms with van der Waals surface area (Å²) in [6.07, 6.45) is 11.1. The van der Waals surface area contributed by atoms with Crippen LogP contribution in [0.15, 0.2) is 72.3 Å². The SMILES string of the molecule is CC.CC/C=C(\C)CCCC(C)c1ccc(CC(=O)/C=C/c2ccccc2)cc1.[V]. The zero-order valence-electron chi connectivity index (χ0n) is 19.4. The Morgan fingerprint density at radius 2 is 1.63 bits per heavy atom. The van der Waals surface area contributed by atoms with Gasteiger partial charge in [-0.25, -0.2) is 0 Å². The van der Waals surface area contributed by atoms with Crippen LogP contribution in [0.4, 0.5) is 0 Å². The molecule has 30 heavy (non-hydrogen) atoms. The van der Waals surface area contributed by atoms with Crippen molar-refractivity contribution in [3.05, 3.63) is 89.0 Å². The summed E-state index contributed by atoms with van der Waals surface area (Å²) in [6.45, 7) is 10.7. The van der Waals surface area contributed by atoms with E-state index in [1.54, 1.807) is 6.08 Å². The molecule has 0 aliphatic carbocycles. The summed E-state index contributed by atoms with van der Waals surface area (Å²) in [5.41, 5.74) is 5.00. The molecule has 0 saturated heterocycles. The van der Waals surface area contributed by atoms with Crippen LogP contribution in [0, 0.1) is 0 Å². The van der Waals surface area contributed by atoms with Crippen molar-refractivity contribution >= 4 is 11.9 Å². The number of carbonyl (C=O) groups is 1. The van der Waals surface area contributed by atoms with Crippen molar-refractivity contribution in [2.45, 2.75) is 72.6 Å². The summed E-state index contributed by atoms with van der Waals surface area (Å²) in [6, 6.07) is 18.5. The van der Waals surface area contributed by atoms with Crippen LogP contribution in [0.5, 0.6) is 0 Å². The van der Waals surface area contributed by atoms with Gasteiger partial charge in [-0.3, -0.25) is 4.79 Å². The fraction of sp³-hybridized carbons (Fsp3) is 0.393. The van der Waals surface area contributed by atoms with E-state index >= 15 is 0 Å². The van der Waals surface area contributed by atoms with Crippen LogP contribution < -0.4 is 0 Å². The molecule has 0 spiro atoms. The van der Waals surface area contributed by atoms with Gasteiger partial charge in [-0.1, -0.05) is 100 Å². The van der Waals surface area contributed by atoms with Gasteiger partial charge >= 0.3 is 0 Å². The Hall–Kier alpha value is -1.83. The van der Waals surface area contributed by atoms with Gasteiger partial charge in [0, 0.05) is 25.0 Å². The number of allylic oxidation sites excluding steroid dienone is 3. The van der Waals surface area contributed by atoms with E-state index in [-0.39, 0.29) is 24.3 Å². The number of ketones is 1. The van der Waals surface area contributed by atoms with Crippen molar-refractivity contribution in [3.63, 3.8) is 0 Å². The van der Waals surface area contributed by atoms with Gasteiger partial charge in [0.05, 0.1) is 0 Å². The Labute approximate surface area is 196 Å². The van der Waals surface area contributed by atoms with Crippen molar-refractivity contribution in [1.82, 2.24) is 0 Å². The van der Waals surface area contributed by atoms with E-state index in [0.29, 0.717) is 12.3 Å². The first kappa shape index (κ1) is 28.2. The van der Waals surface area contributed by atoms with E-state index < -0.39 is 0 Å². The standard InChI is InChI=1S/C26H32O.C2H6.V/c1-4-9-21(2)10-8-11-22(3)25-17-14-24(15-18-25)20-26(27)19-16-23-12-6-5-7-13-23;1-2;/h5-7,9,12-19,22H,4,8,10-11,20H2,1-3H3;1-2H3;/b19-16+,21-9+;;. The minimum atomic E-state index is 0. The maximum absolute atomic E-state index is 12.2. The largest absolute Gasteiger partial charge is 0.294 e. The van der Waals surface area contributed by atoms with Crippen LogP contribution in [0.25, 0.3) is 6.08 Å². The molecule has 161 valence electrons. The average Bonchev–Trinajstić information content (AvgIpc) is 2.75. The summed E-state index contributed by atoms with van der Waals surface area (Å²) in [5, 5.41) is 0. The topological polar surface area (TPSA) is 17.1 Å².